The van der Waals surface area contributed by atoms with Crippen molar-refractivity contribution in [3.63, 3.8) is 0 Å². The maximum Gasteiger partial charge on any atom is 0.311 e. The number of hydrogen-bond acceptors (Lipinski definition) is 4. The van der Waals surface area contributed by atoms with E-state index >= 15 is 0 Å². The first kappa shape index (κ1) is 23.1. The van der Waals surface area contributed by atoms with Crippen LogP contribution in [0.15, 0.2) is 0 Å². The van der Waals surface area contributed by atoms with E-state index in [-0.39, 0.29) is 18.0 Å². The van der Waals surface area contributed by atoms with Crippen LogP contribution in [0.3, 0.4) is 0 Å². The Hall–Kier alpha value is -0.610. The van der Waals surface area contributed by atoms with Crippen LogP contribution in [-0.2, 0) is 14.3 Å². The first-order valence-corrected chi connectivity index (χ1v) is 12.3. The van der Waals surface area contributed by atoms with Gasteiger partial charge in [0.05, 0.1) is 25.7 Å². The predicted octanol–water partition coefficient (Wildman–Crippen LogP) is 5.01. The highest BCUT2D eigenvalue weighted by Crippen LogP contribution is 2.63. The van der Waals surface area contributed by atoms with Gasteiger partial charge in [0.25, 0.3) is 0 Å². The first-order valence-electron chi connectivity index (χ1n) is 12.3. The van der Waals surface area contributed by atoms with Gasteiger partial charge in [0.15, 0.2) is 0 Å². The molecule has 0 amide bonds. The molecule has 2 saturated carbocycles. The Morgan fingerprint density at radius 3 is 2.45 bits per heavy atom. The van der Waals surface area contributed by atoms with Crippen molar-refractivity contribution in [3.8, 4) is 0 Å². The third kappa shape index (κ3) is 3.67. The number of methoxy groups -OCH3 is 1. The summed E-state index contributed by atoms with van der Waals surface area (Å²) in [5.74, 6) is 2.97. The molecule has 2 heterocycles. The molecule has 4 fully saturated rings. The minimum atomic E-state index is -0.105. The number of nitrogens with zero attached hydrogens (tertiary/aromatic N) is 1. The fraction of sp³-hybridized carbons (Fsp3) is 0.960. The third-order valence-electron chi connectivity index (χ3n) is 9.38. The number of hydrogen-bond donors (Lipinski definition) is 0. The Morgan fingerprint density at radius 1 is 1.10 bits per heavy atom. The van der Waals surface area contributed by atoms with Crippen LogP contribution >= 0.6 is 0 Å². The molecule has 0 aromatic carbocycles. The van der Waals surface area contributed by atoms with Crippen LogP contribution in [0.4, 0.5) is 0 Å². The maximum atomic E-state index is 12.6. The van der Waals surface area contributed by atoms with E-state index in [2.05, 4.69) is 32.7 Å². The van der Waals surface area contributed by atoms with Crippen molar-refractivity contribution in [2.45, 2.75) is 85.3 Å². The molecular formula is C25H45NO3. The van der Waals surface area contributed by atoms with Gasteiger partial charge in [-0.1, -0.05) is 47.0 Å². The van der Waals surface area contributed by atoms with Gasteiger partial charge in [0.1, 0.15) is 0 Å². The second-order valence-corrected chi connectivity index (χ2v) is 10.2. The molecule has 0 bridgehead atoms. The number of likely N-dealkylation sites (tertiary alicyclic amines) is 1. The van der Waals surface area contributed by atoms with E-state index in [0.29, 0.717) is 29.2 Å². The summed E-state index contributed by atoms with van der Waals surface area (Å²) in [6.45, 7) is 13.1. The molecule has 4 aliphatic rings. The van der Waals surface area contributed by atoms with Gasteiger partial charge in [-0.15, -0.1) is 0 Å². The lowest BCUT2D eigenvalue weighted by Gasteiger charge is -2.60. The molecule has 2 aliphatic heterocycles. The smallest absolute Gasteiger partial charge is 0.311 e. The number of carbonyl (C=O) groups excluding carboxylic acids is 1. The molecule has 4 nitrogen and oxygen atoms in total. The monoisotopic (exact) mass is 407 g/mol. The van der Waals surface area contributed by atoms with Gasteiger partial charge >= 0.3 is 5.97 Å². The highest BCUT2D eigenvalue weighted by Gasteiger charge is 2.63. The predicted molar refractivity (Wildman–Crippen MR) is 118 cm³/mol. The Bertz CT molecular complexity index is 566. The van der Waals surface area contributed by atoms with Gasteiger partial charge in [0, 0.05) is 6.04 Å². The van der Waals surface area contributed by atoms with E-state index in [9.17, 15) is 4.79 Å². The van der Waals surface area contributed by atoms with E-state index in [1.54, 1.807) is 0 Å². The fourth-order valence-corrected chi connectivity index (χ4v) is 8.02. The number of fused-ring (bicyclic) bond motifs is 2. The van der Waals surface area contributed by atoms with Crippen molar-refractivity contribution in [1.82, 2.24) is 4.90 Å². The molecule has 0 N–H and O–H groups in total. The van der Waals surface area contributed by atoms with Gasteiger partial charge in [0.2, 0.25) is 0 Å². The Labute approximate surface area is 179 Å². The Kier molecular flexibility index (Phi) is 7.36. The zero-order chi connectivity index (χ0) is 21.3. The summed E-state index contributed by atoms with van der Waals surface area (Å²) in [4.78, 5) is 15.3. The molecule has 0 aromatic heterocycles. The molecular weight excluding hydrogens is 362 g/mol. The van der Waals surface area contributed by atoms with Gasteiger partial charge in [-0.2, -0.15) is 0 Å². The minimum absolute atomic E-state index is 0.0290. The molecule has 29 heavy (non-hydrogen) atoms. The molecule has 0 spiro atoms. The molecule has 0 aromatic rings. The van der Waals surface area contributed by atoms with Crippen LogP contribution in [0.5, 0.6) is 0 Å². The van der Waals surface area contributed by atoms with Gasteiger partial charge in [-0.05, 0) is 74.8 Å². The van der Waals surface area contributed by atoms with Crippen LogP contribution in [-0.4, -0.2) is 50.3 Å². The largest absolute Gasteiger partial charge is 0.469 e. The number of esters is 1. The Morgan fingerprint density at radius 2 is 1.79 bits per heavy atom. The van der Waals surface area contributed by atoms with Gasteiger partial charge in [-0.25, -0.2) is 0 Å². The average molecular weight is 408 g/mol. The summed E-state index contributed by atoms with van der Waals surface area (Å²) >= 11 is 0. The molecule has 4 heteroatoms. The normalized spacial score (nSPS) is 47.4. The average Bonchev–Trinajstić information content (AvgIpc) is 3.07. The second kappa shape index (κ2) is 9.26. The Balaban J connectivity index is 0.00000117. The van der Waals surface area contributed by atoms with Gasteiger partial charge < -0.3 is 14.4 Å². The van der Waals surface area contributed by atoms with Crippen LogP contribution < -0.4 is 0 Å². The van der Waals surface area contributed by atoms with Crippen molar-refractivity contribution < 1.29 is 14.3 Å². The SMILES string of the molecule is CC.COC(=O)[C@@H]1[C@@H]2C[C@@H]3N(C)CCC3(C3CCCCC3C)[C@@H](C)[C@@H]2CO[C@@H]1C. The number of rotatable bonds is 2. The number of carbonyl (C=O) groups is 1. The maximum absolute atomic E-state index is 12.6. The molecule has 9 atom stereocenters. The van der Waals surface area contributed by atoms with E-state index < -0.39 is 0 Å². The highest BCUT2D eigenvalue weighted by atomic mass is 16.5. The van der Waals surface area contributed by atoms with Crippen molar-refractivity contribution in [2.75, 3.05) is 27.3 Å². The molecule has 2 aliphatic carbocycles. The third-order valence-corrected chi connectivity index (χ3v) is 9.38. The number of ether oxygens (including phenoxy) is 2. The van der Waals surface area contributed by atoms with Crippen molar-refractivity contribution >= 4 is 5.97 Å². The molecule has 2 saturated heterocycles. The lowest BCUT2D eigenvalue weighted by atomic mass is 9.47. The topological polar surface area (TPSA) is 38.8 Å². The van der Waals surface area contributed by atoms with Crippen LogP contribution in [0.2, 0.25) is 0 Å². The molecule has 3 unspecified atom stereocenters. The lowest BCUT2D eigenvalue weighted by Crippen LogP contribution is -2.61. The fourth-order valence-electron chi connectivity index (χ4n) is 8.02. The second-order valence-electron chi connectivity index (χ2n) is 10.2. The summed E-state index contributed by atoms with van der Waals surface area (Å²) in [5.41, 5.74) is 0.403. The van der Waals surface area contributed by atoms with Crippen molar-refractivity contribution in [1.29, 1.82) is 0 Å². The van der Waals surface area contributed by atoms with E-state index in [1.807, 2.05) is 13.8 Å². The van der Waals surface area contributed by atoms with Crippen LogP contribution in [0, 0.1) is 40.9 Å². The lowest BCUT2D eigenvalue weighted by molar-refractivity contribution is -0.189. The highest BCUT2D eigenvalue weighted by molar-refractivity contribution is 5.73. The van der Waals surface area contributed by atoms with Crippen LogP contribution in [0.1, 0.15) is 73.1 Å². The van der Waals surface area contributed by atoms with Crippen molar-refractivity contribution in [2.24, 2.45) is 40.9 Å². The molecule has 4 rings (SSSR count). The summed E-state index contributed by atoms with van der Waals surface area (Å²) in [5, 5.41) is 0. The summed E-state index contributed by atoms with van der Waals surface area (Å²) < 4.78 is 11.4. The van der Waals surface area contributed by atoms with E-state index in [4.69, 9.17) is 9.47 Å². The van der Waals surface area contributed by atoms with Crippen molar-refractivity contribution in [3.05, 3.63) is 0 Å². The first-order chi connectivity index (χ1) is 13.9. The summed E-state index contributed by atoms with van der Waals surface area (Å²) in [7, 11) is 3.85. The quantitative estimate of drug-likeness (QED) is 0.603. The zero-order valence-electron chi connectivity index (χ0n) is 19.9. The molecule has 168 valence electrons. The minimum Gasteiger partial charge on any atom is -0.469 e. The van der Waals surface area contributed by atoms with E-state index in [1.165, 1.54) is 45.8 Å². The summed E-state index contributed by atoms with van der Waals surface area (Å²) in [6.07, 6.45) is 8.02. The van der Waals surface area contributed by atoms with Gasteiger partial charge in [-0.3, -0.25) is 4.79 Å². The standard InChI is InChI=1S/C23H39NO3.C2H6/c1-14-8-6-7-9-19(14)23-10-11-24(4)20(23)12-17-18(15(23)2)13-27-16(3)21(17)22(25)26-5;1-2/h14-21H,6-13H2,1-5H3;1-2H3/t14?,15-,16+,17+,18-,19?,20-,21-,23?;/m0./s1. The van der Waals surface area contributed by atoms with Crippen LogP contribution in [0.25, 0.3) is 0 Å². The molecule has 0 radical (unpaired) electrons. The zero-order valence-corrected chi connectivity index (χ0v) is 19.9. The van der Waals surface area contributed by atoms with E-state index in [0.717, 1.165) is 24.9 Å². The summed E-state index contributed by atoms with van der Waals surface area (Å²) in [6, 6.07) is 0.608.